The number of nitrogens with one attached hydrogen (secondary N) is 3. The van der Waals surface area contributed by atoms with Gasteiger partial charge in [-0.25, -0.2) is 13.1 Å². The normalized spacial score (nSPS) is 11.2. The van der Waals surface area contributed by atoms with E-state index in [-0.39, 0.29) is 18.2 Å². The van der Waals surface area contributed by atoms with Gasteiger partial charge in [-0.3, -0.25) is 10.6 Å². The molecular weight excluding hydrogens is 280 g/mol. The first-order valence-electron chi connectivity index (χ1n) is 6.22. The monoisotopic (exact) mass is 300 g/mol. The molecule has 0 heterocycles. The molecule has 0 spiro atoms. The van der Waals surface area contributed by atoms with Crippen LogP contribution >= 0.6 is 0 Å². The first kappa shape index (κ1) is 16.4. The zero-order valence-electron chi connectivity index (χ0n) is 11.6. The molecule has 20 heavy (non-hydrogen) atoms. The third-order valence-electron chi connectivity index (χ3n) is 2.66. The first-order valence-corrected chi connectivity index (χ1v) is 7.87. The number of carbonyl (C=O) groups is 1. The maximum atomic E-state index is 11.9. The van der Waals surface area contributed by atoms with Crippen LogP contribution < -0.4 is 21.3 Å². The Kier molecular flexibility index (Phi) is 5.93. The van der Waals surface area contributed by atoms with E-state index >= 15 is 0 Å². The molecule has 0 saturated heterocycles. The van der Waals surface area contributed by atoms with Crippen molar-refractivity contribution in [3.63, 3.8) is 0 Å². The van der Waals surface area contributed by atoms with Crippen LogP contribution in [-0.4, -0.2) is 33.2 Å². The van der Waals surface area contributed by atoms with E-state index in [0.717, 1.165) is 11.3 Å². The summed E-state index contributed by atoms with van der Waals surface area (Å²) >= 11 is 0. The van der Waals surface area contributed by atoms with E-state index in [4.69, 9.17) is 5.84 Å². The summed E-state index contributed by atoms with van der Waals surface area (Å²) in [4.78, 5) is 11.9. The van der Waals surface area contributed by atoms with Gasteiger partial charge in [0.2, 0.25) is 10.0 Å². The molecule has 5 N–H and O–H groups in total. The summed E-state index contributed by atoms with van der Waals surface area (Å²) in [5.41, 5.74) is 4.55. The van der Waals surface area contributed by atoms with Gasteiger partial charge in [0.25, 0.3) is 5.91 Å². The van der Waals surface area contributed by atoms with Gasteiger partial charge in [-0.05, 0) is 30.7 Å². The number of aryl methyl sites for hydroxylation is 1. The quantitative estimate of drug-likeness (QED) is 0.416. The van der Waals surface area contributed by atoms with Gasteiger partial charge in [0.15, 0.2) is 0 Å². The summed E-state index contributed by atoms with van der Waals surface area (Å²) in [7, 11) is -3.32. The second-order valence-corrected chi connectivity index (χ2v) is 6.17. The number of rotatable bonds is 7. The van der Waals surface area contributed by atoms with Crippen LogP contribution in [0.5, 0.6) is 0 Å². The molecule has 0 aliphatic carbocycles. The van der Waals surface area contributed by atoms with E-state index in [1.165, 1.54) is 0 Å². The number of amides is 1. The van der Waals surface area contributed by atoms with Crippen molar-refractivity contribution in [3.8, 4) is 0 Å². The average molecular weight is 300 g/mol. The lowest BCUT2D eigenvalue weighted by atomic mass is 10.1. The Hall–Kier alpha value is -1.64. The largest absolute Gasteiger partial charge is 0.351 e. The van der Waals surface area contributed by atoms with Crippen LogP contribution in [0.4, 0.5) is 5.69 Å². The zero-order valence-corrected chi connectivity index (χ0v) is 12.4. The highest BCUT2D eigenvalue weighted by Gasteiger charge is 2.11. The number of sulfonamides is 1. The molecule has 0 atom stereocenters. The van der Waals surface area contributed by atoms with Crippen molar-refractivity contribution in [2.45, 2.75) is 13.8 Å². The summed E-state index contributed by atoms with van der Waals surface area (Å²) < 4.78 is 25.2. The second kappa shape index (κ2) is 7.22. The van der Waals surface area contributed by atoms with Crippen molar-refractivity contribution >= 4 is 21.6 Å². The molecule has 0 aliphatic heterocycles. The predicted octanol–water partition coefficient (Wildman–Crippen LogP) is -0.0503. The van der Waals surface area contributed by atoms with Gasteiger partial charge < -0.3 is 10.7 Å². The molecule has 8 heteroatoms. The molecular formula is C12H20N4O3S. The predicted molar refractivity (Wildman–Crippen MR) is 78.8 cm³/mol. The number of benzene rings is 1. The van der Waals surface area contributed by atoms with Crippen LogP contribution in [0.1, 0.15) is 22.8 Å². The highest BCUT2D eigenvalue weighted by atomic mass is 32.2. The van der Waals surface area contributed by atoms with Gasteiger partial charge >= 0.3 is 0 Å². The fourth-order valence-corrected chi connectivity index (χ4v) is 2.61. The molecule has 0 bridgehead atoms. The Bertz CT molecular complexity index is 572. The number of hydrazine groups is 1. The highest BCUT2D eigenvalue weighted by molar-refractivity contribution is 7.89. The van der Waals surface area contributed by atoms with Gasteiger partial charge in [-0.15, -0.1) is 0 Å². The van der Waals surface area contributed by atoms with E-state index in [1.807, 2.05) is 6.92 Å². The minimum atomic E-state index is -3.32. The summed E-state index contributed by atoms with van der Waals surface area (Å²) in [6.45, 7) is 3.92. The van der Waals surface area contributed by atoms with E-state index < -0.39 is 10.0 Å². The second-order valence-electron chi connectivity index (χ2n) is 4.25. The molecule has 7 nitrogen and oxygen atoms in total. The van der Waals surface area contributed by atoms with Crippen molar-refractivity contribution in [1.29, 1.82) is 0 Å². The van der Waals surface area contributed by atoms with Gasteiger partial charge in [-0.2, -0.15) is 0 Å². The SMILES string of the molecule is CCNS(=O)(=O)CCNC(=O)c1ccc(NN)c(C)c1. The molecule has 0 unspecified atom stereocenters. The van der Waals surface area contributed by atoms with Crippen LogP contribution in [0, 0.1) is 6.92 Å². The van der Waals surface area contributed by atoms with E-state index in [2.05, 4.69) is 15.5 Å². The van der Waals surface area contributed by atoms with Gasteiger partial charge in [-0.1, -0.05) is 6.92 Å². The molecule has 0 saturated carbocycles. The Balaban J connectivity index is 2.58. The number of hydrogen-bond acceptors (Lipinski definition) is 5. The Morgan fingerprint density at radius 1 is 1.35 bits per heavy atom. The average Bonchev–Trinajstić information content (AvgIpc) is 2.38. The Morgan fingerprint density at radius 3 is 2.60 bits per heavy atom. The summed E-state index contributed by atoms with van der Waals surface area (Å²) in [5.74, 6) is 4.85. The molecule has 1 aromatic rings. The van der Waals surface area contributed by atoms with E-state index in [9.17, 15) is 13.2 Å². The minimum absolute atomic E-state index is 0.0596. The zero-order chi connectivity index (χ0) is 15.2. The van der Waals surface area contributed by atoms with Crippen molar-refractivity contribution in [2.24, 2.45) is 5.84 Å². The number of anilines is 1. The molecule has 0 fully saturated rings. The Morgan fingerprint density at radius 2 is 2.05 bits per heavy atom. The highest BCUT2D eigenvalue weighted by Crippen LogP contribution is 2.14. The molecule has 112 valence electrons. The van der Waals surface area contributed by atoms with Crippen LogP contribution in [0.25, 0.3) is 0 Å². The lowest BCUT2D eigenvalue weighted by molar-refractivity contribution is 0.0956. The summed E-state index contributed by atoms with van der Waals surface area (Å²) in [6.07, 6.45) is 0. The summed E-state index contributed by atoms with van der Waals surface area (Å²) in [6, 6.07) is 5.00. The number of nitrogens with two attached hydrogens (primary N) is 1. The van der Waals surface area contributed by atoms with Crippen LogP contribution in [0.3, 0.4) is 0 Å². The van der Waals surface area contributed by atoms with Crippen molar-refractivity contribution < 1.29 is 13.2 Å². The molecule has 0 radical (unpaired) electrons. The van der Waals surface area contributed by atoms with Crippen LogP contribution in [0.2, 0.25) is 0 Å². The van der Waals surface area contributed by atoms with Gasteiger partial charge in [0.1, 0.15) is 0 Å². The Labute approximate surface area is 119 Å². The lowest BCUT2D eigenvalue weighted by Gasteiger charge is -2.09. The minimum Gasteiger partial charge on any atom is -0.351 e. The van der Waals surface area contributed by atoms with Crippen molar-refractivity contribution in [1.82, 2.24) is 10.0 Å². The third-order valence-corrected chi connectivity index (χ3v) is 4.13. The fourth-order valence-electron chi connectivity index (χ4n) is 1.66. The smallest absolute Gasteiger partial charge is 0.251 e. The molecule has 1 rings (SSSR count). The standard InChI is InChI=1S/C12H20N4O3S/c1-3-15-20(18,19)7-6-14-12(17)10-4-5-11(16-13)9(2)8-10/h4-5,8,15-16H,3,6-7,13H2,1-2H3,(H,14,17). The maximum Gasteiger partial charge on any atom is 0.251 e. The topological polar surface area (TPSA) is 113 Å². The molecule has 1 amide bonds. The fraction of sp³-hybridized carbons (Fsp3) is 0.417. The van der Waals surface area contributed by atoms with Gasteiger partial charge in [0, 0.05) is 18.7 Å². The first-order chi connectivity index (χ1) is 9.39. The number of hydrogen-bond donors (Lipinski definition) is 4. The molecule has 0 aromatic heterocycles. The van der Waals surface area contributed by atoms with E-state index in [0.29, 0.717) is 12.1 Å². The number of nitrogen functional groups attached to an aromatic ring is 1. The van der Waals surface area contributed by atoms with Crippen molar-refractivity contribution in [3.05, 3.63) is 29.3 Å². The molecule has 0 aliphatic rings. The van der Waals surface area contributed by atoms with Gasteiger partial charge in [0.05, 0.1) is 11.4 Å². The third kappa shape index (κ3) is 4.80. The summed E-state index contributed by atoms with van der Waals surface area (Å²) in [5, 5.41) is 2.57. The maximum absolute atomic E-state index is 11.9. The van der Waals surface area contributed by atoms with Crippen LogP contribution in [0.15, 0.2) is 18.2 Å². The number of carbonyl (C=O) groups excluding carboxylic acids is 1. The lowest BCUT2D eigenvalue weighted by Crippen LogP contribution is -2.34. The van der Waals surface area contributed by atoms with Crippen LogP contribution in [-0.2, 0) is 10.0 Å². The van der Waals surface area contributed by atoms with E-state index in [1.54, 1.807) is 25.1 Å². The van der Waals surface area contributed by atoms with Crippen molar-refractivity contribution in [2.75, 3.05) is 24.3 Å². The molecule has 1 aromatic carbocycles.